The van der Waals surface area contributed by atoms with E-state index >= 15 is 0 Å². The van der Waals surface area contributed by atoms with Crippen molar-refractivity contribution in [3.63, 3.8) is 0 Å². The van der Waals surface area contributed by atoms with Crippen LogP contribution in [-0.2, 0) is 20.1 Å². The summed E-state index contributed by atoms with van der Waals surface area (Å²) in [4.78, 5) is 13.7. The predicted molar refractivity (Wildman–Crippen MR) is 95.2 cm³/mol. The van der Waals surface area contributed by atoms with Gasteiger partial charge in [0.05, 0.1) is 0 Å². The average Bonchev–Trinajstić information content (AvgIpc) is 3.21. The van der Waals surface area contributed by atoms with Crippen LogP contribution in [-0.4, -0.2) is 26.3 Å². The summed E-state index contributed by atoms with van der Waals surface area (Å²) < 4.78 is 5.60. The van der Waals surface area contributed by atoms with Gasteiger partial charge in [-0.25, -0.2) is 9.78 Å². The monoisotopic (exact) mass is 537 g/mol. The first-order chi connectivity index (χ1) is 12.7. The summed E-state index contributed by atoms with van der Waals surface area (Å²) in [5.74, 6) is 0.0258. The van der Waals surface area contributed by atoms with Crippen LogP contribution in [0.15, 0.2) is 83.4 Å². The second-order valence-electron chi connectivity index (χ2n) is 5.07. The number of aromatic carboxylic acids is 1. The molecule has 7 heteroatoms. The van der Waals surface area contributed by atoms with Gasteiger partial charge in [0.15, 0.2) is 5.89 Å². The molecule has 0 atom stereocenters. The molecule has 4 aromatic rings. The standard InChI is InChI=1S/C14H9N2O.C6H5NO2.Ir/c1-3-7-11(8-4-1)13-15-16-14(17-13)12-9-5-2-6-10-12;8-6(9)5-3-1-2-4-7-5;/h1-9H;1-4H,(H,8,9);/q-1;;. The number of pyridine rings is 1. The molecule has 0 bridgehead atoms. The maximum atomic E-state index is 10.1. The number of nitrogens with zero attached hydrogens (tertiary/aromatic N) is 3. The molecule has 0 aliphatic carbocycles. The van der Waals surface area contributed by atoms with Crippen LogP contribution >= 0.6 is 0 Å². The third kappa shape index (κ3) is 5.67. The Labute approximate surface area is 169 Å². The van der Waals surface area contributed by atoms with Gasteiger partial charge in [-0.05, 0) is 24.3 Å². The number of aromatic nitrogens is 3. The average molecular weight is 537 g/mol. The van der Waals surface area contributed by atoms with E-state index < -0.39 is 5.97 Å². The third-order valence-corrected chi connectivity index (χ3v) is 3.27. The first-order valence-electron chi connectivity index (χ1n) is 7.74. The molecule has 2 aromatic heterocycles. The van der Waals surface area contributed by atoms with Gasteiger partial charge in [0, 0.05) is 31.9 Å². The Morgan fingerprint density at radius 1 is 0.889 bits per heavy atom. The van der Waals surface area contributed by atoms with Crippen molar-refractivity contribution in [2.24, 2.45) is 0 Å². The van der Waals surface area contributed by atoms with Crippen molar-refractivity contribution in [2.75, 3.05) is 0 Å². The topological polar surface area (TPSA) is 89.1 Å². The summed E-state index contributed by atoms with van der Waals surface area (Å²) in [6, 6.07) is 25.0. The summed E-state index contributed by atoms with van der Waals surface area (Å²) in [7, 11) is 0. The van der Waals surface area contributed by atoms with E-state index in [9.17, 15) is 4.79 Å². The Kier molecular flexibility index (Phi) is 7.55. The van der Waals surface area contributed by atoms with Crippen molar-refractivity contribution in [3.05, 3.63) is 90.8 Å². The predicted octanol–water partition coefficient (Wildman–Crippen LogP) is 3.98. The van der Waals surface area contributed by atoms with E-state index in [0.29, 0.717) is 11.8 Å². The molecule has 2 heterocycles. The van der Waals surface area contributed by atoms with Gasteiger partial charge < -0.3 is 9.52 Å². The molecule has 0 aliphatic heterocycles. The second kappa shape index (κ2) is 10.1. The van der Waals surface area contributed by atoms with Crippen molar-refractivity contribution in [2.45, 2.75) is 0 Å². The number of carbonyl (C=O) groups is 1. The van der Waals surface area contributed by atoms with Gasteiger partial charge in [-0.1, -0.05) is 29.8 Å². The smallest absolute Gasteiger partial charge is 0.354 e. The van der Waals surface area contributed by atoms with Crippen LogP contribution in [0.4, 0.5) is 0 Å². The van der Waals surface area contributed by atoms with E-state index in [1.807, 2.05) is 54.6 Å². The summed E-state index contributed by atoms with van der Waals surface area (Å²) in [6.45, 7) is 0. The molecule has 27 heavy (non-hydrogen) atoms. The van der Waals surface area contributed by atoms with E-state index in [0.717, 1.165) is 11.1 Å². The number of carboxylic acids is 1. The first kappa shape index (κ1) is 20.2. The molecule has 0 aliphatic rings. The molecule has 0 spiro atoms. The van der Waals surface area contributed by atoms with Crippen molar-refractivity contribution in [3.8, 4) is 22.9 Å². The van der Waals surface area contributed by atoms with E-state index in [4.69, 9.17) is 9.52 Å². The normalized spacial score (nSPS) is 9.48. The zero-order valence-electron chi connectivity index (χ0n) is 13.9. The van der Waals surface area contributed by atoms with Gasteiger partial charge in [0.25, 0.3) is 0 Å². The molecule has 137 valence electrons. The molecule has 0 saturated heterocycles. The summed E-state index contributed by atoms with van der Waals surface area (Å²) in [5, 5.41) is 16.4. The maximum Gasteiger partial charge on any atom is 0.354 e. The van der Waals surface area contributed by atoms with Crippen LogP contribution in [0.2, 0.25) is 0 Å². The fourth-order valence-electron chi connectivity index (χ4n) is 2.05. The largest absolute Gasteiger partial charge is 0.477 e. The van der Waals surface area contributed by atoms with Gasteiger partial charge in [-0.3, -0.25) is 0 Å². The molecule has 2 aromatic carbocycles. The maximum absolute atomic E-state index is 10.1. The number of rotatable bonds is 3. The fraction of sp³-hybridized carbons (Fsp3) is 0. The molecule has 1 radical (unpaired) electrons. The first-order valence-corrected chi connectivity index (χ1v) is 7.74. The summed E-state index contributed by atoms with van der Waals surface area (Å²) in [6.07, 6.45) is 1.45. The molecular formula is C20H14IrN3O3-. The van der Waals surface area contributed by atoms with Crippen molar-refractivity contribution >= 4 is 5.97 Å². The van der Waals surface area contributed by atoms with E-state index in [1.165, 1.54) is 12.3 Å². The van der Waals surface area contributed by atoms with Gasteiger partial charge in [-0.2, -0.15) is 5.10 Å². The Hall–Kier alpha value is -3.15. The van der Waals surface area contributed by atoms with Crippen molar-refractivity contribution < 1.29 is 34.4 Å². The van der Waals surface area contributed by atoms with Crippen LogP contribution in [0.1, 0.15) is 10.5 Å². The van der Waals surface area contributed by atoms with Crippen LogP contribution in [0.25, 0.3) is 22.9 Å². The third-order valence-electron chi connectivity index (χ3n) is 3.27. The van der Waals surface area contributed by atoms with Crippen molar-refractivity contribution in [1.29, 1.82) is 0 Å². The Bertz CT molecular complexity index is 907. The molecular weight excluding hydrogens is 522 g/mol. The Balaban J connectivity index is 0.000000224. The number of carboxylic acid groups (broad SMARTS) is 1. The molecule has 0 fully saturated rings. The number of benzene rings is 2. The molecule has 1 N–H and O–H groups in total. The number of hydrogen-bond donors (Lipinski definition) is 1. The van der Waals surface area contributed by atoms with E-state index in [-0.39, 0.29) is 25.8 Å². The summed E-state index contributed by atoms with van der Waals surface area (Å²) in [5.41, 5.74) is 1.81. The van der Waals surface area contributed by atoms with Gasteiger partial charge in [0.2, 0.25) is 5.89 Å². The fourth-order valence-corrected chi connectivity index (χ4v) is 2.05. The zero-order chi connectivity index (χ0) is 18.2. The van der Waals surface area contributed by atoms with E-state index in [2.05, 4.69) is 21.2 Å². The SMILES string of the molecule is O=C(O)c1ccccn1.[Ir].[c-]1ccccc1-c1nnc(-c2ccccc2)o1. The second-order valence-corrected chi connectivity index (χ2v) is 5.07. The Morgan fingerprint density at radius 2 is 1.59 bits per heavy atom. The number of hydrogen-bond acceptors (Lipinski definition) is 5. The van der Waals surface area contributed by atoms with Crippen molar-refractivity contribution in [1.82, 2.24) is 15.2 Å². The quantitative estimate of drug-likeness (QED) is 0.399. The Morgan fingerprint density at radius 3 is 2.19 bits per heavy atom. The molecule has 0 saturated carbocycles. The minimum Gasteiger partial charge on any atom is -0.477 e. The van der Waals surface area contributed by atoms with Gasteiger partial charge in [0.1, 0.15) is 5.69 Å². The molecule has 4 rings (SSSR count). The van der Waals surface area contributed by atoms with Gasteiger partial charge in [-0.15, -0.1) is 35.4 Å². The van der Waals surface area contributed by atoms with Crippen LogP contribution in [0, 0.1) is 6.07 Å². The van der Waals surface area contributed by atoms with Crippen LogP contribution in [0.3, 0.4) is 0 Å². The molecule has 0 unspecified atom stereocenters. The molecule has 0 amide bonds. The van der Waals surface area contributed by atoms with Crippen LogP contribution in [0.5, 0.6) is 0 Å². The van der Waals surface area contributed by atoms with Gasteiger partial charge >= 0.3 is 5.97 Å². The van der Waals surface area contributed by atoms with E-state index in [1.54, 1.807) is 12.1 Å². The minimum atomic E-state index is -0.990. The molecule has 6 nitrogen and oxygen atoms in total. The zero-order valence-corrected chi connectivity index (χ0v) is 16.3. The minimum absolute atomic E-state index is 0. The van der Waals surface area contributed by atoms with Crippen LogP contribution < -0.4 is 0 Å². The summed E-state index contributed by atoms with van der Waals surface area (Å²) >= 11 is 0.